The van der Waals surface area contributed by atoms with Crippen molar-refractivity contribution in [1.29, 1.82) is 0 Å². The van der Waals surface area contributed by atoms with Crippen molar-refractivity contribution in [1.82, 2.24) is 9.88 Å². The normalized spacial score (nSPS) is 20.0. The molecule has 5 nitrogen and oxygen atoms in total. The van der Waals surface area contributed by atoms with Gasteiger partial charge in [-0.1, -0.05) is 24.3 Å². The van der Waals surface area contributed by atoms with Crippen LogP contribution in [-0.2, 0) is 20.7 Å². The number of carbonyl (C=O) groups excluding carboxylic acids is 1. The largest absolute Gasteiger partial charge is 0.469 e. The molecule has 0 saturated carbocycles. The second-order valence-electron chi connectivity index (χ2n) is 6.32. The topological polar surface area (TPSA) is 51.7 Å². The molecule has 0 N–H and O–H groups in total. The average molecular weight is 328 g/mol. The van der Waals surface area contributed by atoms with Crippen molar-refractivity contribution >= 4 is 16.9 Å². The van der Waals surface area contributed by atoms with Crippen LogP contribution in [0.5, 0.6) is 0 Å². The summed E-state index contributed by atoms with van der Waals surface area (Å²) in [6.45, 7) is 4.49. The number of rotatable bonds is 5. The monoisotopic (exact) mass is 328 g/mol. The number of para-hydroxylation sites is 1. The van der Waals surface area contributed by atoms with Gasteiger partial charge in [-0.3, -0.25) is 14.7 Å². The van der Waals surface area contributed by atoms with Crippen LogP contribution in [0, 0.1) is 0 Å². The van der Waals surface area contributed by atoms with E-state index < -0.39 is 0 Å². The van der Waals surface area contributed by atoms with Gasteiger partial charge in [0.25, 0.3) is 0 Å². The first-order chi connectivity index (χ1) is 11.7. The molecule has 1 aliphatic heterocycles. The zero-order valence-electron chi connectivity index (χ0n) is 14.3. The predicted molar refractivity (Wildman–Crippen MR) is 92.9 cm³/mol. The molecule has 0 spiro atoms. The number of morpholine rings is 1. The summed E-state index contributed by atoms with van der Waals surface area (Å²) in [5.41, 5.74) is 2.13. The third-order valence-electron chi connectivity index (χ3n) is 4.58. The van der Waals surface area contributed by atoms with E-state index in [9.17, 15) is 4.79 Å². The summed E-state index contributed by atoms with van der Waals surface area (Å²) in [7, 11) is 1.41. The van der Waals surface area contributed by atoms with Crippen molar-refractivity contribution in [3.05, 3.63) is 42.1 Å². The minimum atomic E-state index is -0.217. The SMILES string of the molecule is COC(=O)CC1CN(C(C)Cc2ccc3ccccc3n2)CCO1. The fourth-order valence-corrected chi connectivity index (χ4v) is 3.19. The molecule has 0 amide bonds. The van der Waals surface area contributed by atoms with Gasteiger partial charge >= 0.3 is 5.97 Å². The Balaban J connectivity index is 1.62. The van der Waals surface area contributed by atoms with E-state index in [2.05, 4.69) is 30.0 Å². The smallest absolute Gasteiger partial charge is 0.308 e. The predicted octanol–water partition coefficient (Wildman–Crippen LogP) is 2.43. The van der Waals surface area contributed by atoms with E-state index in [1.54, 1.807) is 0 Å². The number of fused-ring (bicyclic) bond motifs is 1. The first kappa shape index (κ1) is 16.9. The lowest BCUT2D eigenvalue weighted by atomic mass is 10.1. The van der Waals surface area contributed by atoms with Crippen LogP contribution in [0.1, 0.15) is 19.0 Å². The van der Waals surface area contributed by atoms with Crippen LogP contribution in [0.4, 0.5) is 0 Å². The minimum absolute atomic E-state index is 0.0850. The van der Waals surface area contributed by atoms with Gasteiger partial charge < -0.3 is 9.47 Å². The van der Waals surface area contributed by atoms with Crippen LogP contribution in [0.3, 0.4) is 0 Å². The van der Waals surface area contributed by atoms with Gasteiger partial charge in [0, 0.05) is 36.6 Å². The molecule has 2 heterocycles. The molecule has 1 aromatic heterocycles. The van der Waals surface area contributed by atoms with Gasteiger partial charge in [-0.15, -0.1) is 0 Å². The first-order valence-electron chi connectivity index (χ1n) is 8.43. The standard InChI is InChI=1S/C19H24N2O3/c1-14(21-9-10-24-17(13-21)12-19(22)23-2)11-16-8-7-15-5-3-4-6-18(15)20-16/h3-8,14,17H,9-13H2,1-2H3. The highest BCUT2D eigenvalue weighted by Crippen LogP contribution is 2.17. The van der Waals surface area contributed by atoms with Gasteiger partial charge in [-0.05, 0) is 19.1 Å². The summed E-state index contributed by atoms with van der Waals surface area (Å²) in [6.07, 6.45) is 1.11. The average Bonchev–Trinajstić information content (AvgIpc) is 2.61. The Morgan fingerprint density at radius 1 is 1.38 bits per heavy atom. The maximum absolute atomic E-state index is 11.4. The number of ether oxygens (including phenoxy) is 2. The highest BCUT2D eigenvalue weighted by molar-refractivity contribution is 5.78. The molecule has 0 radical (unpaired) electrons. The Morgan fingerprint density at radius 3 is 3.04 bits per heavy atom. The van der Waals surface area contributed by atoms with Crippen molar-refractivity contribution in [3.63, 3.8) is 0 Å². The zero-order chi connectivity index (χ0) is 16.9. The molecular formula is C19H24N2O3. The Kier molecular flexibility index (Phi) is 5.43. The maximum atomic E-state index is 11.4. The number of nitrogens with zero attached hydrogens (tertiary/aromatic N) is 2. The third kappa shape index (κ3) is 4.10. The van der Waals surface area contributed by atoms with Crippen molar-refractivity contribution in [2.75, 3.05) is 26.8 Å². The van der Waals surface area contributed by atoms with Crippen LogP contribution < -0.4 is 0 Å². The van der Waals surface area contributed by atoms with E-state index in [-0.39, 0.29) is 12.1 Å². The number of hydrogen-bond donors (Lipinski definition) is 0. The van der Waals surface area contributed by atoms with Crippen LogP contribution in [0.15, 0.2) is 36.4 Å². The van der Waals surface area contributed by atoms with E-state index in [0.29, 0.717) is 19.1 Å². The van der Waals surface area contributed by atoms with Gasteiger partial charge in [0.05, 0.1) is 31.8 Å². The molecular weight excluding hydrogens is 304 g/mol. The number of carbonyl (C=O) groups is 1. The third-order valence-corrected chi connectivity index (χ3v) is 4.58. The van der Waals surface area contributed by atoms with Gasteiger partial charge in [0.2, 0.25) is 0 Å². The number of pyridine rings is 1. The quantitative estimate of drug-likeness (QED) is 0.789. The van der Waals surface area contributed by atoms with Crippen LogP contribution >= 0.6 is 0 Å². The molecule has 3 rings (SSSR count). The zero-order valence-corrected chi connectivity index (χ0v) is 14.3. The van der Waals surface area contributed by atoms with E-state index in [4.69, 9.17) is 14.5 Å². The summed E-state index contributed by atoms with van der Waals surface area (Å²) in [5, 5.41) is 1.17. The number of methoxy groups -OCH3 is 1. The lowest BCUT2D eigenvalue weighted by Crippen LogP contribution is -2.48. The molecule has 1 aromatic carbocycles. The van der Waals surface area contributed by atoms with Crippen molar-refractivity contribution in [3.8, 4) is 0 Å². The number of hydrogen-bond acceptors (Lipinski definition) is 5. The van der Waals surface area contributed by atoms with E-state index >= 15 is 0 Å². The lowest BCUT2D eigenvalue weighted by Gasteiger charge is -2.36. The summed E-state index contributed by atoms with van der Waals surface area (Å²) in [6, 6.07) is 12.8. The molecule has 2 atom stereocenters. The van der Waals surface area contributed by atoms with Crippen LogP contribution in [0.2, 0.25) is 0 Å². The van der Waals surface area contributed by atoms with Gasteiger partial charge in [0.1, 0.15) is 0 Å². The fourth-order valence-electron chi connectivity index (χ4n) is 3.19. The number of benzene rings is 1. The number of esters is 1. The molecule has 1 saturated heterocycles. The highest BCUT2D eigenvalue weighted by atomic mass is 16.5. The fraction of sp³-hybridized carbons (Fsp3) is 0.474. The Morgan fingerprint density at radius 2 is 2.21 bits per heavy atom. The minimum Gasteiger partial charge on any atom is -0.469 e. The lowest BCUT2D eigenvalue weighted by molar-refractivity contribution is -0.146. The second-order valence-corrected chi connectivity index (χ2v) is 6.32. The van der Waals surface area contributed by atoms with Gasteiger partial charge in [0.15, 0.2) is 0 Å². The Bertz CT molecular complexity index is 704. The summed E-state index contributed by atoms with van der Waals surface area (Å²) in [5.74, 6) is -0.217. The van der Waals surface area contributed by atoms with Crippen molar-refractivity contribution < 1.29 is 14.3 Å². The molecule has 0 aliphatic carbocycles. The van der Waals surface area contributed by atoms with Crippen LogP contribution in [-0.4, -0.2) is 54.8 Å². The Labute approximate surface area is 142 Å². The maximum Gasteiger partial charge on any atom is 0.308 e. The molecule has 128 valence electrons. The van der Waals surface area contributed by atoms with Crippen molar-refractivity contribution in [2.24, 2.45) is 0 Å². The molecule has 1 fully saturated rings. The van der Waals surface area contributed by atoms with Gasteiger partial charge in [-0.25, -0.2) is 0 Å². The van der Waals surface area contributed by atoms with E-state index in [1.807, 2.05) is 18.2 Å². The molecule has 2 aromatic rings. The van der Waals surface area contributed by atoms with Crippen molar-refractivity contribution in [2.45, 2.75) is 31.9 Å². The Hall–Kier alpha value is -1.98. The molecule has 0 bridgehead atoms. The highest BCUT2D eigenvalue weighted by Gasteiger charge is 2.26. The first-order valence-corrected chi connectivity index (χ1v) is 8.43. The summed E-state index contributed by atoms with van der Waals surface area (Å²) < 4.78 is 10.4. The molecule has 2 unspecified atom stereocenters. The summed E-state index contributed by atoms with van der Waals surface area (Å²) >= 11 is 0. The molecule has 5 heteroatoms. The molecule has 24 heavy (non-hydrogen) atoms. The summed E-state index contributed by atoms with van der Waals surface area (Å²) in [4.78, 5) is 18.6. The number of aromatic nitrogens is 1. The molecule has 1 aliphatic rings. The second kappa shape index (κ2) is 7.73. The van der Waals surface area contributed by atoms with Gasteiger partial charge in [-0.2, -0.15) is 0 Å². The van der Waals surface area contributed by atoms with E-state index in [1.165, 1.54) is 12.5 Å². The van der Waals surface area contributed by atoms with Crippen LogP contribution in [0.25, 0.3) is 10.9 Å². The van der Waals surface area contributed by atoms with E-state index in [0.717, 1.165) is 30.7 Å².